The van der Waals surface area contributed by atoms with E-state index in [4.69, 9.17) is 0 Å². The molecule has 0 amide bonds. The molecule has 4 heteroatoms. The van der Waals surface area contributed by atoms with Crippen LogP contribution in [0.15, 0.2) is 67.1 Å². The summed E-state index contributed by atoms with van der Waals surface area (Å²) in [6.07, 6.45) is 5.54. The number of aliphatic hydroxyl groups is 1. The van der Waals surface area contributed by atoms with E-state index in [0.717, 1.165) is 49.4 Å². The Morgan fingerprint density at radius 2 is 1.84 bits per heavy atom. The van der Waals surface area contributed by atoms with Crippen LogP contribution < -0.4 is 0 Å². The van der Waals surface area contributed by atoms with Crippen LogP contribution in [0.1, 0.15) is 5.56 Å². The smallest absolute Gasteiger partial charge is 0.0949 e. The molecule has 5 rings (SSSR count). The number of hydrogen-bond acceptors (Lipinski definition) is 3. The molecule has 0 aliphatic carbocycles. The molecule has 0 aliphatic heterocycles. The van der Waals surface area contributed by atoms with E-state index in [1.807, 2.05) is 48.9 Å². The molecule has 0 unspecified atom stereocenters. The molecule has 0 fully saturated rings. The molecule has 0 aliphatic rings. The fraction of sp³-hybridized carbons (Fsp3) is 0.0476. The lowest BCUT2D eigenvalue weighted by atomic mass is 10.0. The van der Waals surface area contributed by atoms with Crippen molar-refractivity contribution in [3.8, 4) is 11.3 Å². The van der Waals surface area contributed by atoms with Gasteiger partial charge in [0.15, 0.2) is 0 Å². The Hall–Kier alpha value is -3.24. The van der Waals surface area contributed by atoms with E-state index < -0.39 is 0 Å². The number of aromatic nitrogens is 3. The van der Waals surface area contributed by atoms with Crippen LogP contribution in [0.3, 0.4) is 0 Å². The molecule has 0 bridgehead atoms. The Labute approximate surface area is 143 Å². The Bertz CT molecular complexity index is 1230. The van der Waals surface area contributed by atoms with Crippen LogP contribution in [0.5, 0.6) is 0 Å². The van der Waals surface area contributed by atoms with E-state index in [1.54, 1.807) is 0 Å². The summed E-state index contributed by atoms with van der Waals surface area (Å²) in [5.41, 5.74) is 4.93. The van der Waals surface area contributed by atoms with Crippen LogP contribution in [-0.2, 0) is 6.61 Å². The first-order valence-corrected chi connectivity index (χ1v) is 8.18. The third-order valence-corrected chi connectivity index (χ3v) is 4.70. The van der Waals surface area contributed by atoms with Gasteiger partial charge >= 0.3 is 0 Å². The zero-order chi connectivity index (χ0) is 16.8. The van der Waals surface area contributed by atoms with E-state index in [-0.39, 0.29) is 6.61 Å². The molecule has 2 N–H and O–H groups in total. The lowest BCUT2D eigenvalue weighted by Crippen LogP contribution is -1.87. The van der Waals surface area contributed by atoms with Gasteiger partial charge in [0.2, 0.25) is 0 Å². The highest BCUT2D eigenvalue weighted by molar-refractivity contribution is 6.13. The third-order valence-electron chi connectivity index (χ3n) is 4.70. The number of H-pyrrole nitrogens is 1. The van der Waals surface area contributed by atoms with Gasteiger partial charge in [-0.3, -0.25) is 9.97 Å². The molecule has 3 aromatic heterocycles. The molecule has 25 heavy (non-hydrogen) atoms. The largest absolute Gasteiger partial charge is 0.392 e. The Morgan fingerprint density at radius 3 is 2.76 bits per heavy atom. The highest BCUT2D eigenvalue weighted by Crippen LogP contribution is 2.34. The van der Waals surface area contributed by atoms with Crippen LogP contribution in [-0.4, -0.2) is 20.1 Å². The molecular weight excluding hydrogens is 310 g/mol. The average Bonchev–Trinajstić information content (AvgIpc) is 3.05. The molecule has 2 aromatic carbocycles. The van der Waals surface area contributed by atoms with Gasteiger partial charge in [-0.25, -0.2) is 0 Å². The van der Waals surface area contributed by atoms with Crippen LogP contribution in [0.4, 0.5) is 0 Å². The van der Waals surface area contributed by atoms with Crippen molar-refractivity contribution >= 4 is 32.6 Å². The van der Waals surface area contributed by atoms with Crippen LogP contribution in [0, 0.1) is 0 Å². The lowest BCUT2D eigenvalue weighted by Gasteiger charge is -2.06. The minimum atomic E-state index is 0.0345. The van der Waals surface area contributed by atoms with Gasteiger partial charge in [-0.15, -0.1) is 0 Å². The first-order chi connectivity index (χ1) is 12.3. The predicted octanol–water partition coefficient (Wildman–Crippen LogP) is 4.42. The van der Waals surface area contributed by atoms with Crippen molar-refractivity contribution in [2.24, 2.45) is 0 Å². The second-order valence-corrected chi connectivity index (χ2v) is 6.15. The molecule has 0 spiro atoms. The van der Waals surface area contributed by atoms with E-state index in [2.05, 4.69) is 33.2 Å². The molecule has 0 saturated heterocycles. The predicted molar refractivity (Wildman–Crippen MR) is 100 cm³/mol. The van der Waals surface area contributed by atoms with Gasteiger partial charge < -0.3 is 10.1 Å². The molecule has 5 aromatic rings. The molecule has 0 atom stereocenters. The van der Waals surface area contributed by atoms with Gasteiger partial charge in [0.1, 0.15) is 0 Å². The van der Waals surface area contributed by atoms with Crippen molar-refractivity contribution in [3.63, 3.8) is 0 Å². The maximum atomic E-state index is 9.39. The Balaban J connectivity index is 1.87. The number of nitrogens with zero attached hydrogens (tertiary/aromatic N) is 2. The highest BCUT2D eigenvalue weighted by Gasteiger charge is 2.13. The van der Waals surface area contributed by atoms with Gasteiger partial charge in [-0.2, -0.15) is 0 Å². The minimum absolute atomic E-state index is 0.0345. The molecular formula is C21H15N3O. The summed E-state index contributed by atoms with van der Waals surface area (Å²) in [4.78, 5) is 12.4. The Kier molecular flexibility index (Phi) is 3.05. The number of rotatable bonds is 2. The van der Waals surface area contributed by atoms with Crippen LogP contribution >= 0.6 is 0 Å². The second-order valence-electron chi connectivity index (χ2n) is 6.15. The van der Waals surface area contributed by atoms with E-state index >= 15 is 0 Å². The topological polar surface area (TPSA) is 61.8 Å². The maximum Gasteiger partial charge on any atom is 0.0949 e. The molecule has 3 heterocycles. The molecule has 0 saturated carbocycles. The maximum absolute atomic E-state index is 9.39. The highest BCUT2D eigenvalue weighted by atomic mass is 16.3. The zero-order valence-electron chi connectivity index (χ0n) is 13.4. The summed E-state index contributed by atoms with van der Waals surface area (Å²) < 4.78 is 0. The van der Waals surface area contributed by atoms with Gasteiger partial charge in [-0.1, -0.05) is 30.3 Å². The number of nitrogens with one attached hydrogen (secondary N) is 1. The van der Waals surface area contributed by atoms with E-state index in [1.165, 1.54) is 0 Å². The fourth-order valence-corrected chi connectivity index (χ4v) is 3.51. The van der Waals surface area contributed by atoms with E-state index in [9.17, 15) is 5.11 Å². The summed E-state index contributed by atoms with van der Waals surface area (Å²) in [7, 11) is 0. The summed E-state index contributed by atoms with van der Waals surface area (Å²) >= 11 is 0. The zero-order valence-corrected chi connectivity index (χ0v) is 13.4. The SMILES string of the molecule is OCc1ccc2c(c1)[nH]c1c(-c3cccc4cnccc34)nccc12. The quantitative estimate of drug-likeness (QED) is 0.505. The number of benzene rings is 2. The molecule has 0 radical (unpaired) electrons. The monoisotopic (exact) mass is 325 g/mol. The minimum Gasteiger partial charge on any atom is -0.392 e. The molecule has 4 nitrogen and oxygen atoms in total. The van der Waals surface area contributed by atoms with Crippen molar-refractivity contribution < 1.29 is 5.11 Å². The van der Waals surface area contributed by atoms with Crippen LogP contribution in [0.25, 0.3) is 43.8 Å². The van der Waals surface area contributed by atoms with Gasteiger partial charge in [0.05, 0.1) is 17.8 Å². The lowest BCUT2D eigenvalue weighted by molar-refractivity contribution is 0.282. The van der Waals surface area contributed by atoms with Gasteiger partial charge in [0.25, 0.3) is 0 Å². The average molecular weight is 325 g/mol. The fourth-order valence-electron chi connectivity index (χ4n) is 3.51. The van der Waals surface area contributed by atoms with Crippen molar-refractivity contribution in [1.82, 2.24) is 15.0 Å². The van der Waals surface area contributed by atoms with Crippen molar-refractivity contribution in [2.75, 3.05) is 0 Å². The second kappa shape index (κ2) is 5.40. The van der Waals surface area contributed by atoms with Gasteiger partial charge in [0, 0.05) is 45.8 Å². The van der Waals surface area contributed by atoms with Crippen LogP contribution in [0.2, 0.25) is 0 Å². The summed E-state index contributed by atoms with van der Waals surface area (Å²) in [5, 5.41) is 13.9. The number of fused-ring (bicyclic) bond motifs is 4. The third kappa shape index (κ3) is 2.12. The number of aromatic amines is 1. The molecule has 120 valence electrons. The van der Waals surface area contributed by atoms with E-state index in [0.29, 0.717) is 0 Å². The van der Waals surface area contributed by atoms with Crippen molar-refractivity contribution in [2.45, 2.75) is 6.61 Å². The van der Waals surface area contributed by atoms with Crippen molar-refractivity contribution in [3.05, 3.63) is 72.7 Å². The van der Waals surface area contributed by atoms with Crippen molar-refractivity contribution in [1.29, 1.82) is 0 Å². The standard InChI is InChI=1S/C21H15N3O/c25-12-13-4-5-16-18-7-9-23-20(21(18)24-19(16)10-13)17-3-1-2-14-11-22-8-6-15(14)17/h1-11,24-25H,12H2. The first-order valence-electron chi connectivity index (χ1n) is 8.18. The number of hydrogen-bond donors (Lipinski definition) is 2. The number of aliphatic hydroxyl groups excluding tert-OH is 1. The first kappa shape index (κ1) is 14.1. The number of pyridine rings is 2. The summed E-state index contributed by atoms with van der Waals surface area (Å²) in [6.45, 7) is 0.0345. The van der Waals surface area contributed by atoms with Gasteiger partial charge in [-0.05, 0) is 29.1 Å². The Morgan fingerprint density at radius 1 is 0.920 bits per heavy atom. The summed E-state index contributed by atoms with van der Waals surface area (Å²) in [5.74, 6) is 0. The normalized spacial score (nSPS) is 11.6. The summed E-state index contributed by atoms with van der Waals surface area (Å²) in [6, 6.07) is 16.2.